The van der Waals surface area contributed by atoms with Crippen LogP contribution in [0.25, 0.3) is 12.0 Å². The van der Waals surface area contributed by atoms with Crippen LogP contribution in [0.2, 0.25) is 0 Å². The van der Waals surface area contributed by atoms with Gasteiger partial charge in [-0.3, -0.25) is 4.79 Å². The number of rotatable bonds is 7. The van der Waals surface area contributed by atoms with Crippen LogP contribution in [-0.4, -0.2) is 26.8 Å². The molecule has 1 N–H and O–H groups in total. The minimum Gasteiger partial charge on any atom is -0.493 e. The van der Waals surface area contributed by atoms with Crippen molar-refractivity contribution in [1.82, 2.24) is 0 Å². The first kappa shape index (κ1) is 18.5. The summed E-state index contributed by atoms with van der Waals surface area (Å²) in [5.41, 5.74) is 0.645. The van der Waals surface area contributed by atoms with E-state index in [4.69, 9.17) is 14.2 Å². The second kappa shape index (κ2) is 8.40. The first-order chi connectivity index (χ1) is 13.2. The molecule has 1 aliphatic rings. The summed E-state index contributed by atoms with van der Waals surface area (Å²) in [6, 6.07) is 10.9. The third kappa shape index (κ3) is 4.11. The molecule has 0 aliphatic carbocycles. The summed E-state index contributed by atoms with van der Waals surface area (Å²) in [5, 5.41) is 4.40. The van der Waals surface area contributed by atoms with E-state index in [1.807, 2.05) is 24.4 Å². The number of hydrogen-bond donors (Lipinski definition) is 1. The average Bonchev–Trinajstić information content (AvgIpc) is 2.86. The molecule has 0 aromatic heterocycles. The molecule has 2 aromatic rings. The Morgan fingerprint density at radius 1 is 1.15 bits per heavy atom. The van der Waals surface area contributed by atoms with Gasteiger partial charge >= 0.3 is 0 Å². The molecule has 1 amide bonds. The Morgan fingerprint density at radius 2 is 1.93 bits per heavy atom. The number of carbonyl (C=O) groups is 1. The van der Waals surface area contributed by atoms with E-state index in [0.29, 0.717) is 35.2 Å². The zero-order valence-electron chi connectivity index (χ0n) is 15.6. The quantitative estimate of drug-likeness (QED) is 0.764. The first-order valence-electron chi connectivity index (χ1n) is 8.69. The number of nitrogens with one attached hydrogen (secondary N) is 1. The van der Waals surface area contributed by atoms with E-state index in [0.717, 1.165) is 16.9 Å². The lowest BCUT2D eigenvalue weighted by atomic mass is 10.1. The fraction of sp³-hybridized carbons (Fsp3) is 0.238. The van der Waals surface area contributed by atoms with Crippen LogP contribution in [0.5, 0.6) is 17.2 Å². The number of nitrogens with zero attached hydrogens (tertiary/aromatic N) is 1. The number of carbonyl (C=O) groups excluding carboxylic acids is 1. The number of ether oxygens (including phenoxy) is 3. The van der Waals surface area contributed by atoms with Gasteiger partial charge in [-0.15, -0.1) is 0 Å². The number of aliphatic imine (C=N–C) groups is 1. The molecule has 3 rings (SSSR count). The summed E-state index contributed by atoms with van der Waals surface area (Å²) in [6.45, 7) is 2.11. The summed E-state index contributed by atoms with van der Waals surface area (Å²) < 4.78 is 16.9. The minimum absolute atomic E-state index is 0.186. The van der Waals surface area contributed by atoms with Gasteiger partial charge in [-0.05, 0) is 35.9 Å². The predicted octanol–water partition coefficient (Wildman–Crippen LogP) is 2.31. The summed E-state index contributed by atoms with van der Waals surface area (Å²) in [6.07, 6.45) is 5.57. The van der Waals surface area contributed by atoms with E-state index < -0.39 is 0 Å². The van der Waals surface area contributed by atoms with Crippen molar-refractivity contribution < 1.29 is 19.0 Å². The minimum atomic E-state index is 0.186. The average molecular weight is 366 g/mol. The highest BCUT2D eigenvalue weighted by Gasteiger charge is 2.13. The Morgan fingerprint density at radius 3 is 2.63 bits per heavy atom. The van der Waals surface area contributed by atoms with Crippen molar-refractivity contribution in [3.8, 4) is 17.2 Å². The highest BCUT2D eigenvalue weighted by atomic mass is 16.5. The zero-order valence-corrected chi connectivity index (χ0v) is 15.6. The van der Waals surface area contributed by atoms with E-state index in [-0.39, 0.29) is 5.92 Å². The number of anilines is 1. The molecule has 0 bridgehead atoms. The molecule has 1 heterocycles. The molecule has 0 unspecified atom stereocenters. The van der Waals surface area contributed by atoms with Crippen LogP contribution < -0.4 is 30.0 Å². The van der Waals surface area contributed by atoms with Crippen LogP contribution >= 0.6 is 0 Å². The maximum Gasteiger partial charge on any atom is 0.226 e. The smallest absolute Gasteiger partial charge is 0.226 e. The van der Waals surface area contributed by atoms with Gasteiger partial charge in [0.25, 0.3) is 0 Å². The number of benzene rings is 2. The van der Waals surface area contributed by atoms with Crippen molar-refractivity contribution in [3.05, 3.63) is 46.8 Å². The standard InChI is InChI=1S/C21H22N2O4/c1-4-14-8-15-9-19(25-2)20(26-3)11-18(15)21(22-12-14)27-17-7-5-6-16(10-17)23-13-24/h5-14H,4H2,1-3H3,(H,23,24)/t14-/m1/s1. The molecular weight excluding hydrogens is 344 g/mol. The van der Waals surface area contributed by atoms with Crippen molar-refractivity contribution in [2.75, 3.05) is 19.5 Å². The van der Waals surface area contributed by atoms with Crippen LogP contribution in [0.4, 0.5) is 5.69 Å². The first-order valence-corrected chi connectivity index (χ1v) is 8.69. The van der Waals surface area contributed by atoms with Crippen LogP contribution in [0.3, 0.4) is 0 Å². The topological polar surface area (TPSA) is 69.2 Å². The van der Waals surface area contributed by atoms with E-state index in [1.54, 1.807) is 32.4 Å². The van der Waals surface area contributed by atoms with Crippen LogP contribution in [0.1, 0.15) is 13.3 Å². The van der Waals surface area contributed by atoms with Crippen LogP contribution in [0.15, 0.2) is 41.4 Å². The third-order valence-electron chi connectivity index (χ3n) is 4.31. The molecule has 1 atom stereocenters. The molecule has 27 heavy (non-hydrogen) atoms. The van der Waals surface area contributed by atoms with E-state index >= 15 is 0 Å². The molecular formula is C21H22N2O4. The van der Waals surface area contributed by atoms with Gasteiger partial charge in [0, 0.05) is 29.1 Å². The zero-order chi connectivity index (χ0) is 19.2. The third-order valence-corrected chi connectivity index (χ3v) is 4.31. The van der Waals surface area contributed by atoms with Crippen LogP contribution in [-0.2, 0) is 4.79 Å². The molecule has 140 valence electrons. The number of hydrogen-bond acceptors (Lipinski definition) is 5. The Hall–Kier alpha value is -3.28. The lowest BCUT2D eigenvalue weighted by molar-refractivity contribution is -0.105. The van der Waals surface area contributed by atoms with Crippen molar-refractivity contribution >= 4 is 30.3 Å². The van der Waals surface area contributed by atoms with Gasteiger partial charge in [-0.2, -0.15) is 0 Å². The molecule has 6 nitrogen and oxygen atoms in total. The van der Waals surface area contributed by atoms with E-state index in [9.17, 15) is 4.79 Å². The van der Waals surface area contributed by atoms with Crippen molar-refractivity contribution in [2.45, 2.75) is 13.3 Å². The molecule has 6 heteroatoms. The predicted molar refractivity (Wildman–Crippen MR) is 106 cm³/mol. The lowest BCUT2D eigenvalue weighted by Gasteiger charge is -2.10. The summed E-state index contributed by atoms with van der Waals surface area (Å²) >= 11 is 0. The van der Waals surface area contributed by atoms with Crippen molar-refractivity contribution in [1.29, 1.82) is 0 Å². The molecule has 0 spiro atoms. The van der Waals surface area contributed by atoms with E-state index in [1.165, 1.54) is 0 Å². The molecule has 1 aliphatic heterocycles. The monoisotopic (exact) mass is 366 g/mol. The second-order valence-corrected chi connectivity index (χ2v) is 6.01. The number of fused-ring (bicyclic) bond motifs is 1. The molecule has 0 fully saturated rings. The fourth-order valence-electron chi connectivity index (χ4n) is 2.86. The maximum atomic E-state index is 10.7. The van der Waals surface area contributed by atoms with E-state index in [2.05, 4.69) is 23.3 Å². The summed E-state index contributed by atoms with van der Waals surface area (Å²) in [4.78, 5) is 15.2. The Balaban J connectivity index is 2.15. The lowest BCUT2D eigenvalue weighted by Crippen LogP contribution is -2.28. The van der Waals surface area contributed by atoms with Crippen LogP contribution in [0, 0.1) is 5.92 Å². The molecule has 0 radical (unpaired) electrons. The summed E-state index contributed by atoms with van der Waals surface area (Å²) in [7, 11) is 3.21. The van der Waals surface area contributed by atoms with Gasteiger partial charge in [0.05, 0.1) is 14.2 Å². The Labute approximate surface area is 157 Å². The Kier molecular flexibility index (Phi) is 5.76. The van der Waals surface area contributed by atoms with Crippen molar-refractivity contribution in [2.24, 2.45) is 10.9 Å². The normalized spacial score (nSPS) is 15.2. The second-order valence-electron chi connectivity index (χ2n) is 6.01. The van der Waals surface area contributed by atoms with Gasteiger partial charge in [0.15, 0.2) is 11.5 Å². The van der Waals surface area contributed by atoms with Crippen molar-refractivity contribution in [3.63, 3.8) is 0 Å². The SMILES string of the molecule is CC[C@H]1C=NC(Oc2cccc(NC=O)c2)=c2cc(OC)c(OC)cc2=C1. The Bertz CT molecular complexity index is 982. The number of methoxy groups -OCH3 is 2. The number of amides is 1. The highest BCUT2D eigenvalue weighted by Crippen LogP contribution is 2.24. The summed E-state index contributed by atoms with van der Waals surface area (Å²) in [5.74, 6) is 2.48. The largest absolute Gasteiger partial charge is 0.493 e. The maximum absolute atomic E-state index is 10.7. The van der Waals surface area contributed by atoms with Gasteiger partial charge in [0.2, 0.25) is 12.3 Å². The van der Waals surface area contributed by atoms with Gasteiger partial charge in [0.1, 0.15) is 5.75 Å². The van der Waals surface area contributed by atoms with Gasteiger partial charge < -0.3 is 19.5 Å². The molecule has 2 aromatic carbocycles. The fourth-order valence-corrected chi connectivity index (χ4v) is 2.86. The molecule has 0 saturated heterocycles. The van der Waals surface area contributed by atoms with Gasteiger partial charge in [-0.25, -0.2) is 4.99 Å². The highest BCUT2D eigenvalue weighted by molar-refractivity contribution is 5.75. The van der Waals surface area contributed by atoms with Gasteiger partial charge in [-0.1, -0.05) is 19.1 Å². The molecule has 0 saturated carbocycles.